The van der Waals surface area contributed by atoms with Crippen molar-refractivity contribution in [2.24, 2.45) is 15.7 Å². The van der Waals surface area contributed by atoms with Gasteiger partial charge in [0, 0.05) is 29.9 Å². The Kier molecular flexibility index (Phi) is 3.92. The summed E-state index contributed by atoms with van der Waals surface area (Å²) < 4.78 is 0. The van der Waals surface area contributed by atoms with Gasteiger partial charge in [0.15, 0.2) is 5.84 Å². The summed E-state index contributed by atoms with van der Waals surface area (Å²) >= 11 is 0. The van der Waals surface area contributed by atoms with Crippen LogP contribution in [0, 0.1) is 0 Å². The summed E-state index contributed by atoms with van der Waals surface area (Å²) in [6, 6.07) is 16.2. The molecule has 0 atom stereocenters. The number of anilines is 1. The van der Waals surface area contributed by atoms with Crippen LogP contribution in [0.2, 0.25) is 0 Å². The van der Waals surface area contributed by atoms with Crippen LogP contribution in [0.15, 0.2) is 58.5 Å². The number of amidine groups is 2. The molecule has 4 heteroatoms. The summed E-state index contributed by atoms with van der Waals surface area (Å²) in [6.07, 6.45) is 0. The highest BCUT2D eigenvalue weighted by Gasteiger charge is 2.18. The first kappa shape index (κ1) is 14.3. The van der Waals surface area contributed by atoms with Crippen LogP contribution in [0.1, 0.15) is 25.0 Å². The number of hydrogen-bond acceptors (Lipinski definition) is 3. The van der Waals surface area contributed by atoms with Crippen LogP contribution in [0.25, 0.3) is 0 Å². The van der Waals surface area contributed by atoms with Crippen LogP contribution in [0.5, 0.6) is 0 Å². The second-order valence-corrected chi connectivity index (χ2v) is 5.17. The van der Waals surface area contributed by atoms with Crippen LogP contribution in [-0.2, 0) is 0 Å². The molecule has 4 nitrogen and oxygen atoms in total. The summed E-state index contributed by atoms with van der Waals surface area (Å²) in [4.78, 5) is 11.3. The van der Waals surface area contributed by atoms with E-state index in [1.165, 1.54) is 5.69 Å². The lowest BCUT2D eigenvalue weighted by Crippen LogP contribution is -2.21. The first-order valence-corrected chi connectivity index (χ1v) is 7.60. The first-order valence-electron chi connectivity index (χ1n) is 7.60. The number of nitrogens with zero attached hydrogens (tertiary/aromatic N) is 3. The zero-order chi connectivity index (χ0) is 15.5. The third kappa shape index (κ3) is 2.60. The van der Waals surface area contributed by atoms with Crippen molar-refractivity contribution < 1.29 is 0 Å². The van der Waals surface area contributed by atoms with Crippen molar-refractivity contribution in [2.75, 3.05) is 18.0 Å². The first-order chi connectivity index (χ1) is 10.7. The van der Waals surface area contributed by atoms with E-state index >= 15 is 0 Å². The Bertz CT molecular complexity index is 725. The van der Waals surface area contributed by atoms with Gasteiger partial charge in [-0.05, 0) is 38.1 Å². The minimum atomic E-state index is 0.536. The van der Waals surface area contributed by atoms with Crippen molar-refractivity contribution in [3.8, 4) is 0 Å². The summed E-state index contributed by atoms with van der Waals surface area (Å²) in [5, 5.41) is 0. The maximum Gasteiger partial charge on any atom is 0.162 e. The second-order valence-electron chi connectivity index (χ2n) is 5.17. The number of fused-ring (bicyclic) bond motifs is 1. The van der Waals surface area contributed by atoms with E-state index in [2.05, 4.69) is 40.9 Å². The van der Waals surface area contributed by atoms with Crippen molar-refractivity contribution in [1.82, 2.24) is 0 Å². The molecular formula is C18H20N4. The Labute approximate surface area is 131 Å². The number of aliphatic imine (C=N–C) groups is 2. The molecule has 0 saturated heterocycles. The fourth-order valence-corrected chi connectivity index (χ4v) is 2.67. The highest BCUT2D eigenvalue weighted by molar-refractivity contribution is 6.22. The number of rotatable bonds is 4. The lowest BCUT2D eigenvalue weighted by Gasteiger charge is -2.20. The lowest BCUT2D eigenvalue weighted by molar-refractivity contribution is 0.866. The molecule has 0 aliphatic carbocycles. The van der Waals surface area contributed by atoms with Gasteiger partial charge in [0.2, 0.25) is 0 Å². The minimum absolute atomic E-state index is 0.536. The van der Waals surface area contributed by atoms with Crippen molar-refractivity contribution in [3.05, 3.63) is 59.7 Å². The second kappa shape index (κ2) is 6.02. The molecule has 1 heterocycles. The van der Waals surface area contributed by atoms with Gasteiger partial charge in [-0.3, -0.25) is 0 Å². The zero-order valence-corrected chi connectivity index (χ0v) is 13.0. The van der Waals surface area contributed by atoms with E-state index < -0.39 is 0 Å². The number of hydrogen-bond donors (Lipinski definition) is 1. The third-order valence-corrected chi connectivity index (χ3v) is 3.88. The van der Waals surface area contributed by atoms with Crippen LogP contribution in [0.3, 0.4) is 0 Å². The molecule has 1 aliphatic rings. The average molecular weight is 292 g/mol. The minimum Gasteiger partial charge on any atom is -0.383 e. The maximum absolute atomic E-state index is 5.95. The number of nitrogens with two attached hydrogens (primary N) is 1. The van der Waals surface area contributed by atoms with Crippen molar-refractivity contribution in [1.29, 1.82) is 0 Å². The predicted molar refractivity (Wildman–Crippen MR) is 93.4 cm³/mol. The van der Waals surface area contributed by atoms with Crippen LogP contribution in [-0.4, -0.2) is 24.8 Å². The molecule has 2 aromatic rings. The molecule has 2 aromatic carbocycles. The molecule has 0 spiro atoms. The van der Waals surface area contributed by atoms with E-state index in [1.807, 2.05) is 36.4 Å². The number of benzene rings is 2. The molecule has 0 bridgehead atoms. The van der Waals surface area contributed by atoms with E-state index in [9.17, 15) is 0 Å². The normalized spacial score (nSPS) is 14.8. The highest BCUT2D eigenvalue weighted by Crippen LogP contribution is 2.23. The molecule has 22 heavy (non-hydrogen) atoms. The Hall–Kier alpha value is -2.62. The topological polar surface area (TPSA) is 54.0 Å². The summed E-state index contributed by atoms with van der Waals surface area (Å²) in [5.41, 5.74) is 10.0. The summed E-state index contributed by atoms with van der Waals surface area (Å²) in [5.74, 6) is 1.22. The predicted octanol–water partition coefficient (Wildman–Crippen LogP) is 3.33. The molecule has 112 valence electrons. The quantitative estimate of drug-likeness (QED) is 0.939. The molecule has 2 N–H and O–H groups in total. The van der Waals surface area contributed by atoms with E-state index in [-0.39, 0.29) is 0 Å². The molecule has 0 fully saturated rings. The molecule has 0 saturated carbocycles. The van der Waals surface area contributed by atoms with Gasteiger partial charge in [0.25, 0.3) is 0 Å². The Morgan fingerprint density at radius 2 is 1.59 bits per heavy atom. The van der Waals surface area contributed by atoms with Gasteiger partial charge >= 0.3 is 0 Å². The summed E-state index contributed by atoms with van der Waals surface area (Å²) in [6.45, 7) is 6.31. The molecule has 0 unspecified atom stereocenters. The molecule has 3 rings (SSSR count). The largest absolute Gasteiger partial charge is 0.383 e. The third-order valence-electron chi connectivity index (χ3n) is 3.88. The van der Waals surface area contributed by atoms with Gasteiger partial charge in [-0.25, -0.2) is 9.98 Å². The van der Waals surface area contributed by atoms with Crippen molar-refractivity contribution in [2.45, 2.75) is 13.8 Å². The molecular weight excluding hydrogens is 272 g/mol. The fourth-order valence-electron chi connectivity index (χ4n) is 2.67. The van der Waals surface area contributed by atoms with Gasteiger partial charge in [0.05, 0.1) is 5.69 Å². The SMILES string of the molecule is CCN(CC)c1ccc(N=C2N=C(N)c3ccccc32)cc1. The van der Waals surface area contributed by atoms with Crippen LogP contribution < -0.4 is 10.6 Å². The van der Waals surface area contributed by atoms with Gasteiger partial charge in [-0.15, -0.1) is 0 Å². The van der Waals surface area contributed by atoms with Gasteiger partial charge in [-0.2, -0.15) is 0 Å². The molecule has 0 amide bonds. The molecule has 0 aromatic heterocycles. The van der Waals surface area contributed by atoms with E-state index in [1.54, 1.807) is 0 Å². The van der Waals surface area contributed by atoms with E-state index in [4.69, 9.17) is 5.73 Å². The smallest absolute Gasteiger partial charge is 0.162 e. The van der Waals surface area contributed by atoms with E-state index in [0.29, 0.717) is 11.7 Å². The van der Waals surface area contributed by atoms with Crippen LogP contribution in [0.4, 0.5) is 11.4 Å². The van der Waals surface area contributed by atoms with Crippen molar-refractivity contribution >= 4 is 23.0 Å². The Morgan fingerprint density at radius 1 is 0.955 bits per heavy atom. The summed E-state index contributed by atoms with van der Waals surface area (Å²) in [7, 11) is 0. The standard InChI is InChI=1S/C18H20N4/c1-3-22(4-2)14-11-9-13(10-12-14)20-18-16-8-6-5-7-15(16)17(19)21-18/h5-12H,3-4H2,1-2H3,(H2,19,20,21). The van der Waals surface area contributed by atoms with Gasteiger partial charge < -0.3 is 10.6 Å². The van der Waals surface area contributed by atoms with Crippen LogP contribution >= 0.6 is 0 Å². The average Bonchev–Trinajstić information content (AvgIpc) is 2.87. The lowest BCUT2D eigenvalue weighted by atomic mass is 10.1. The Morgan fingerprint density at radius 3 is 2.23 bits per heavy atom. The maximum atomic E-state index is 5.95. The van der Waals surface area contributed by atoms with Crippen molar-refractivity contribution in [3.63, 3.8) is 0 Å². The van der Waals surface area contributed by atoms with E-state index in [0.717, 1.165) is 29.9 Å². The molecule has 1 aliphatic heterocycles. The van der Waals surface area contributed by atoms with Gasteiger partial charge in [-0.1, -0.05) is 24.3 Å². The monoisotopic (exact) mass is 292 g/mol. The fraction of sp³-hybridized carbons (Fsp3) is 0.222. The zero-order valence-electron chi connectivity index (χ0n) is 13.0. The molecule has 0 radical (unpaired) electrons. The highest BCUT2D eigenvalue weighted by atomic mass is 15.1. The Balaban J connectivity index is 1.91. The van der Waals surface area contributed by atoms with Gasteiger partial charge in [0.1, 0.15) is 5.84 Å².